The maximum Gasteiger partial charge on any atom is 0.231 e. The van der Waals surface area contributed by atoms with Crippen LogP contribution in [0.15, 0.2) is 30.3 Å². The van der Waals surface area contributed by atoms with Crippen LogP contribution in [-0.4, -0.2) is 31.1 Å². The molecular weight excluding hydrogens is 340 g/mol. The highest BCUT2D eigenvalue weighted by Crippen LogP contribution is 2.44. The van der Waals surface area contributed by atoms with Gasteiger partial charge in [-0.3, -0.25) is 4.90 Å². The summed E-state index contributed by atoms with van der Waals surface area (Å²) in [5.74, 6) is 0.103. The number of aldehydes is 1. The molecule has 2 heterocycles. The van der Waals surface area contributed by atoms with E-state index in [0.29, 0.717) is 35.6 Å². The minimum Gasteiger partial charge on any atom is -0.454 e. The maximum absolute atomic E-state index is 14.6. The number of halogens is 2. The Morgan fingerprint density at radius 2 is 1.85 bits per heavy atom. The molecule has 136 valence electrons. The van der Waals surface area contributed by atoms with Crippen molar-refractivity contribution in [1.82, 2.24) is 4.90 Å². The van der Waals surface area contributed by atoms with Gasteiger partial charge in [0, 0.05) is 30.1 Å². The van der Waals surface area contributed by atoms with E-state index in [0.717, 1.165) is 11.8 Å². The fourth-order valence-corrected chi connectivity index (χ4v) is 3.90. The van der Waals surface area contributed by atoms with Crippen molar-refractivity contribution in [2.75, 3.05) is 19.9 Å². The third-order valence-corrected chi connectivity index (χ3v) is 5.16. The Bertz CT molecular complexity index is 855. The molecule has 4 nitrogen and oxygen atoms in total. The Morgan fingerprint density at radius 3 is 2.58 bits per heavy atom. The minimum absolute atomic E-state index is 0.0807. The highest BCUT2D eigenvalue weighted by molar-refractivity contribution is 5.53. The smallest absolute Gasteiger partial charge is 0.231 e. The van der Waals surface area contributed by atoms with Gasteiger partial charge >= 0.3 is 0 Å². The lowest BCUT2D eigenvalue weighted by atomic mass is 9.92. The van der Waals surface area contributed by atoms with E-state index < -0.39 is 0 Å². The van der Waals surface area contributed by atoms with Gasteiger partial charge in [-0.15, -0.1) is 0 Å². The molecule has 6 heteroatoms. The monoisotopic (exact) mass is 359 g/mol. The van der Waals surface area contributed by atoms with Crippen molar-refractivity contribution in [3.05, 3.63) is 58.7 Å². The first-order valence-electron chi connectivity index (χ1n) is 8.59. The predicted molar refractivity (Wildman–Crippen MR) is 91.4 cm³/mol. The number of likely N-dealkylation sites (tertiary alicyclic amines) is 1. The van der Waals surface area contributed by atoms with Crippen molar-refractivity contribution in [2.24, 2.45) is 0 Å². The number of fused-ring (bicyclic) bond motifs is 1. The van der Waals surface area contributed by atoms with E-state index in [1.54, 1.807) is 12.1 Å². The third-order valence-electron chi connectivity index (χ3n) is 5.16. The van der Waals surface area contributed by atoms with Gasteiger partial charge in [0.15, 0.2) is 11.5 Å². The third kappa shape index (κ3) is 2.94. The lowest BCUT2D eigenvalue weighted by molar-refractivity contribution is -0.109. The topological polar surface area (TPSA) is 38.8 Å². The first kappa shape index (κ1) is 17.0. The lowest BCUT2D eigenvalue weighted by Gasteiger charge is -2.22. The summed E-state index contributed by atoms with van der Waals surface area (Å²) >= 11 is 0. The number of rotatable bonds is 4. The highest BCUT2D eigenvalue weighted by Gasteiger charge is 2.37. The molecule has 0 aliphatic carbocycles. The summed E-state index contributed by atoms with van der Waals surface area (Å²) in [4.78, 5) is 13.0. The molecule has 2 aliphatic rings. The van der Waals surface area contributed by atoms with Crippen molar-refractivity contribution < 1.29 is 23.0 Å². The Balaban J connectivity index is 1.67. The van der Waals surface area contributed by atoms with Gasteiger partial charge in [-0.1, -0.05) is 12.1 Å². The van der Waals surface area contributed by atoms with Crippen molar-refractivity contribution in [1.29, 1.82) is 0 Å². The van der Waals surface area contributed by atoms with Gasteiger partial charge in [0.25, 0.3) is 0 Å². The normalized spacial score (nSPS) is 22.0. The summed E-state index contributed by atoms with van der Waals surface area (Å²) in [5.41, 5.74) is 1.89. The molecule has 1 saturated heterocycles. The Hall–Kier alpha value is -2.47. The molecular formula is C20H19F2NO3. The number of carbonyl (C=O) groups is 1. The summed E-state index contributed by atoms with van der Waals surface area (Å²) < 4.78 is 39.6. The lowest BCUT2D eigenvalue weighted by Crippen LogP contribution is -2.26. The number of hydrogen-bond acceptors (Lipinski definition) is 4. The van der Waals surface area contributed by atoms with Gasteiger partial charge < -0.3 is 14.3 Å². The fraction of sp³-hybridized carbons (Fsp3) is 0.350. The number of aryl methyl sites for hydroxylation is 1. The van der Waals surface area contributed by atoms with Crippen LogP contribution in [0.5, 0.6) is 11.5 Å². The van der Waals surface area contributed by atoms with E-state index >= 15 is 0 Å². The second kappa shape index (κ2) is 6.68. The molecule has 1 unspecified atom stereocenters. The van der Waals surface area contributed by atoms with Crippen LogP contribution in [0.2, 0.25) is 0 Å². The molecule has 2 aromatic carbocycles. The van der Waals surface area contributed by atoms with Gasteiger partial charge in [0.05, 0.1) is 6.54 Å². The van der Waals surface area contributed by atoms with E-state index in [9.17, 15) is 13.6 Å². The van der Waals surface area contributed by atoms with Gasteiger partial charge in [-0.25, -0.2) is 8.78 Å². The van der Waals surface area contributed by atoms with E-state index in [4.69, 9.17) is 9.47 Å². The summed E-state index contributed by atoms with van der Waals surface area (Å²) in [5, 5.41) is 0. The van der Waals surface area contributed by atoms with Crippen LogP contribution in [0.3, 0.4) is 0 Å². The van der Waals surface area contributed by atoms with Crippen LogP contribution in [0.1, 0.15) is 35.1 Å². The molecule has 0 saturated carbocycles. The number of ether oxygens (including phenoxy) is 2. The zero-order valence-corrected chi connectivity index (χ0v) is 14.4. The first-order valence-corrected chi connectivity index (χ1v) is 8.59. The van der Waals surface area contributed by atoms with Crippen molar-refractivity contribution >= 4 is 6.29 Å². The number of carbonyl (C=O) groups excluding carboxylic acids is 1. The van der Waals surface area contributed by atoms with E-state index in [1.165, 1.54) is 12.1 Å². The summed E-state index contributed by atoms with van der Waals surface area (Å²) in [7, 11) is 0. The van der Waals surface area contributed by atoms with Crippen LogP contribution in [-0.2, 0) is 4.79 Å². The van der Waals surface area contributed by atoms with Crippen LogP contribution in [0, 0.1) is 18.6 Å². The molecule has 4 rings (SSSR count). The summed E-state index contributed by atoms with van der Waals surface area (Å²) in [6, 6.07) is 7.83. The molecule has 0 aromatic heterocycles. The summed E-state index contributed by atoms with van der Waals surface area (Å²) in [6.45, 7) is 2.57. The number of benzene rings is 2. The Morgan fingerprint density at radius 1 is 1.12 bits per heavy atom. The highest BCUT2D eigenvalue weighted by atomic mass is 19.1. The average molecular weight is 359 g/mol. The SMILES string of the molecule is Cc1ccc([C@H]2CC(c3cc4c(cc3F)OCO4)CN2CC=O)c(F)c1. The first-order chi connectivity index (χ1) is 12.6. The quantitative estimate of drug-likeness (QED) is 0.780. The standard InChI is InChI=1S/C20H19F2NO3/c1-12-2-3-14(16(21)6-12)18-7-13(10-23(18)4-5-24)15-8-19-20(9-17(15)22)26-11-25-19/h2-3,5-6,8-9,13,18H,4,7,10-11H2,1H3/t13?,18-/m1/s1. The fourth-order valence-electron chi connectivity index (χ4n) is 3.90. The maximum atomic E-state index is 14.6. The Kier molecular flexibility index (Phi) is 4.36. The summed E-state index contributed by atoms with van der Waals surface area (Å²) in [6.07, 6.45) is 1.34. The molecule has 0 bridgehead atoms. The van der Waals surface area contributed by atoms with E-state index in [-0.39, 0.29) is 36.9 Å². The van der Waals surface area contributed by atoms with Gasteiger partial charge in [0.2, 0.25) is 6.79 Å². The largest absolute Gasteiger partial charge is 0.454 e. The van der Waals surface area contributed by atoms with E-state index in [1.807, 2.05) is 17.9 Å². The van der Waals surface area contributed by atoms with Crippen LogP contribution in [0.25, 0.3) is 0 Å². The number of nitrogens with zero attached hydrogens (tertiary/aromatic N) is 1. The van der Waals surface area contributed by atoms with Crippen LogP contribution >= 0.6 is 0 Å². The zero-order chi connectivity index (χ0) is 18.3. The molecule has 0 N–H and O–H groups in total. The molecule has 0 amide bonds. The average Bonchev–Trinajstić information content (AvgIpc) is 3.21. The van der Waals surface area contributed by atoms with Crippen molar-refractivity contribution in [3.63, 3.8) is 0 Å². The second-order valence-corrected chi connectivity index (χ2v) is 6.82. The Labute approximate surface area is 150 Å². The zero-order valence-electron chi connectivity index (χ0n) is 14.4. The van der Waals surface area contributed by atoms with Gasteiger partial charge in [0.1, 0.15) is 17.9 Å². The van der Waals surface area contributed by atoms with E-state index in [2.05, 4.69) is 0 Å². The number of hydrogen-bond donors (Lipinski definition) is 0. The predicted octanol–water partition coefficient (Wildman–Crippen LogP) is 3.73. The van der Waals surface area contributed by atoms with Crippen molar-refractivity contribution in [2.45, 2.75) is 25.3 Å². The van der Waals surface area contributed by atoms with Gasteiger partial charge in [-0.05, 0) is 36.6 Å². The second-order valence-electron chi connectivity index (χ2n) is 6.82. The molecule has 1 fully saturated rings. The molecule has 0 radical (unpaired) electrons. The molecule has 26 heavy (non-hydrogen) atoms. The molecule has 2 aliphatic heterocycles. The van der Waals surface area contributed by atoms with Gasteiger partial charge in [-0.2, -0.15) is 0 Å². The minimum atomic E-state index is -0.365. The van der Waals surface area contributed by atoms with Crippen molar-refractivity contribution in [3.8, 4) is 11.5 Å². The molecule has 0 spiro atoms. The molecule has 2 aromatic rings. The molecule has 2 atom stereocenters. The van der Waals surface area contributed by atoms with Crippen LogP contribution < -0.4 is 9.47 Å². The van der Waals surface area contributed by atoms with Crippen LogP contribution in [0.4, 0.5) is 8.78 Å².